The highest BCUT2D eigenvalue weighted by Gasteiger charge is 2.51. The number of benzene rings is 1. The topological polar surface area (TPSA) is 77.2 Å². The molecule has 3 N–H and O–H groups in total. The lowest BCUT2D eigenvalue weighted by atomic mass is 9.94. The predicted molar refractivity (Wildman–Crippen MR) is 81.2 cm³/mol. The van der Waals surface area contributed by atoms with Crippen molar-refractivity contribution in [2.45, 2.75) is 18.3 Å². The van der Waals surface area contributed by atoms with Gasteiger partial charge in [0, 0.05) is 11.8 Å². The summed E-state index contributed by atoms with van der Waals surface area (Å²) < 4.78 is 5.00. The van der Waals surface area contributed by atoms with Crippen molar-refractivity contribution >= 4 is 17.3 Å². The minimum absolute atomic E-state index is 0.000705. The van der Waals surface area contributed by atoms with Gasteiger partial charge in [-0.15, -0.1) is 0 Å². The van der Waals surface area contributed by atoms with Gasteiger partial charge in [0.05, 0.1) is 24.4 Å². The van der Waals surface area contributed by atoms with Crippen LogP contribution in [0.1, 0.15) is 18.4 Å². The molecule has 108 valence electrons. The van der Waals surface area contributed by atoms with Crippen molar-refractivity contribution in [1.82, 2.24) is 4.98 Å². The van der Waals surface area contributed by atoms with Crippen LogP contribution in [0.3, 0.4) is 0 Å². The van der Waals surface area contributed by atoms with Gasteiger partial charge in [0.25, 0.3) is 0 Å². The molecule has 21 heavy (non-hydrogen) atoms. The second-order valence-electron chi connectivity index (χ2n) is 5.25. The molecular weight excluding hydrogens is 266 g/mol. The molecule has 0 spiro atoms. The van der Waals surface area contributed by atoms with Crippen LogP contribution in [0.4, 0.5) is 11.4 Å². The molecule has 1 fully saturated rings. The van der Waals surface area contributed by atoms with Crippen LogP contribution in [0.25, 0.3) is 0 Å². The van der Waals surface area contributed by atoms with Crippen molar-refractivity contribution in [1.29, 1.82) is 0 Å². The number of ether oxygens (including phenoxy) is 1. The number of amides is 1. The van der Waals surface area contributed by atoms with Crippen LogP contribution in [0.5, 0.6) is 5.88 Å². The molecule has 3 rings (SSSR count). The fourth-order valence-electron chi connectivity index (χ4n) is 2.40. The Morgan fingerprint density at radius 3 is 2.48 bits per heavy atom. The first kappa shape index (κ1) is 13.4. The molecule has 5 nitrogen and oxygen atoms in total. The van der Waals surface area contributed by atoms with E-state index >= 15 is 0 Å². The zero-order chi connectivity index (χ0) is 14.9. The minimum Gasteiger partial charge on any atom is -0.481 e. The van der Waals surface area contributed by atoms with E-state index in [0.29, 0.717) is 17.3 Å². The van der Waals surface area contributed by atoms with E-state index in [-0.39, 0.29) is 5.91 Å². The van der Waals surface area contributed by atoms with Crippen LogP contribution in [-0.4, -0.2) is 18.0 Å². The van der Waals surface area contributed by atoms with E-state index in [1.807, 2.05) is 24.3 Å². The number of carbonyl (C=O) groups excluding carboxylic acids is 1. The summed E-state index contributed by atoms with van der Waals surface area (Å²) in [6, 6.07) is 11.0. The van der Waals surface area contributed by atoms with Crippen molar-refractivity contribution in [3.63, 3.8) is 0 Å². The van der Waals surface area contributed by atoms with Crippen molar-refractivity contribution < 1.29 is 9.53 Å². The highest BCUT2D eigenvalue weighted by Crippen LogP contribution is 2.49. The van der Waals surface area contributed by atoms with Crippen LogP contribution in [0, 0.1) is 0 Å². The Morgan fingerprint density at radius 2 is 1.95 bits per heavy atom. The van der Waals surface area contributed by atoms with E-state index in [0.717, 1.165) is 18.4 Å². The average molecular weight is 283 g/mol. The number of nitrogens with zero attached hydrogens (tertiary/aromatic N) is 1. The molecule has 0 bridgehead atoms. The minimum atomic E-state index is -0.423. The van der Waals surface area contributed by atoms with E-state index in [4.69, 9.17) is 10.5 Å². The predicted octanol–water partition coefficient (Wildman–Crippen LogP) is 2.34. The quantitative estimate of drug-likeness (QED) is 0.844. The van der Waals surface area contributed by atoms with Gasteiger partial charge in [0.2, 0.25) is 11.8 Å². The maximum absolute atomic E-state index is 12.5. The third kappa shape index (κ3) is 2.54. The molecule has 0 atom stereocenters. The van der Waals surface area contributed by atoms with E-state index in [1.54, 1.807) is 25.4 Å². The van der Waals surface area contributed by atoms with Gasteiger partial charge in [-0.3, -0.25) is 4.79 Å². The molecule has 1 aromatic carbocycles. The standard InChI is InChI=1S/C16H17N3O2/c1-21-14-7-6-13(10-18-14)19-15(20)16(8-9-16)11-2-4-12(17)5-3-11/h2-7,10H,8-9,17H2,1H3,(H,19,20). The molecule has 5 heteroatoms. The third-order valence-corrected chi connectivity index (χ3v) is 3.85. The number of nitrogen functional groups attached to an aromatic ring is 1. The lowest BCUT2D eigenvalue weighted by Gasteiger charge is -2.16. The Morgan fingerprint density at radius 1 is 1.24 bits per heavy atom. The molecular formula is C16H17N3O2. The van der Waals surface area contributed by atoms with Gasteiger partial charge < -0.3 is 15.8 Å². The fraction of sp³-hybridized carbons (Fsp3) is 0.250. The zero-order valence-corrected chi connectivity index (χ0v) is 11.8. The lowest BCUT2D eigenvalue weighted by molar-refractivity contribution is -0.118. The number of nitrogens with two attached hydrogens (primary N) is 1. The lowest BCUT2D eigenvalue weighted by Crippen LogP contribution is -2.27. The highest BCUT2D eigenvalue weighted by atomic mass is 16.5. The van der Waals surface area contributed by atoms with E-state index in [9.17, 15) is 4.79 Å². The number of hydrogen-bond donors (Lipinski definition) is 2. The summed E-state index contributed by atoms with van der Waals surface area (Å²) in [5.41, 5.74) is 7.66. The Bertz CT molecular complexity index is 646. The van der Waals surface area contributed by atoms with Gasteiger partial charge in [-0.2, -0.15) is 0 Å². The Kier molecular flexibility index (Phi) is 3.25. The van der Waals surface area contributed by atoms with Gasteiger partial charge in [-0.25, -0.2) is 4.98 Å². The number of aromatic nitrogens is 1. The van der Waals surface area contributed by atoms with Crippen molar-refractivity contribution in [2.75, 3.05) is 18.2 Å². The molecule has 0 aliphatic heterocycles. The zero-order valence-electron chi connectivity index (χ0n) is 11.8. The van der Waals surface area contributed by atoms with Crippen LogP contribution >= 0.6 is 0 Å². The van der Waals surface area contributed by atoms with Gasteiger partial charge in [-0.1, -0.05) is 12.1 Å². The molecule has 0 unspecified atom stereocenters. The van der Waals surface area contributed by atoms with Crippen molar-refractivity contribution in [3.8, 4) is 5.88 Å². The largest absolute Gasteiger partial charge is 0.481 e. The normalized spacial score (nSPS) is 15.3. The number of anilines is 2. The SMILES string of the molecule is COc1ccc(NC(=O)C2(c3ccc(N)cc3)CC2)cn1. The summed E-state index contributed by atoms with van der Waals surface area (Å²) in [5, 5.41) is 2.92. The highest BCUT2D eigenvalue weighted by molar-refractivity contribution is 6.01. The molecule has 0 saturated heterocycles. The molecule has 1 saturated carbocycles. The third-order valence-electron chi connectivity index (χ3n) is 3.85. The number of nitrogens with one attached hydrogen (secondary N) is 1. The number of hydrogen-bond acceptors (Lipinski definition) is 4. The van der Waals surface area contributed by atoms with Gasteiger partial charge >= 0.3 is 0 Å². The summed E-state index contributed by atoms with van der Waals surface area (Å²) in [4.78, 5) is 16.6. The Labute approximate surface area is 123 Å². The van der Waals surface area contributed by atoms with E-state index in [1.165, 1.54) is 0 Å². The monoisotopic (exact) mass is 283 g/mol. The number of pyridine rings is 1. The van der Waals surface area contributed by atoms with Crippen LogP contribution in [-0.2, 0) is 10.2 Å². The van der Waals surface area contributed by atoms with E-state index in [2.05, 4.69) is 10.3 Å². The second-order valence-corrected chi connectivity index (χ2v) is 5.25. The van der Waals surface area contributed by atoms with Crippen LogP contribution in [0.15, 0.2) is 42.6 Å². The van der Waals surface area contributed by atoms with Gasteiger partial charge in [0.15, 0.2) is 0 Å². The fourth-order valence-corrected chi connectivity index (χ4v) is 2.40. The maximum Gasteiger partial charge on any atom is 0.235 e. The summed E-state index contributed by atoms with van der Waals surface area (Å²) in [6.45, 7) is 0. The maximum atomic E-state index is 12.5. The summed E-state index contributed by atoms with van der Waals surface area (Å²) >= 11 is 0. The second kappa shape index (κ2) is 5.09. The number of rotatable bonds is 4. The first-order chi connectivity index (χ1) is 10.1. The van der Waals surface area contributed by atoms with E-state index < -0.39 is 5.41 Å². The first-order valence-electron chi connectivity index (χ1n) is 6.81. The number of methoxy groups -OCH3 is 1. The number of carbonyl (C=O) groups is 1. The molecule has 0 radical (unpaired) electrons. The first-order valence-corrected chi connectivity index (χ1v) is 6.81. The van der Waals surface area contributed by atoms with Crippen molar-refractivity contribution in [2.24, 2.45) is 0 Å². The van der Waals surface area contributed by atoms with Crippen LogP contribution in [0.2, 0.25) is 0 Å². The van der Waals surface area contributed by atoms with Crippen molar-refractivity contribution in [3.05, 3.63) is 48.2 Å². The molecule has 1 aromatic heterocycles. The smallest absolute Gasteiger partial charge is 0.235 e. The van der Waals surface area contributed by atoms with Gasteiger partial charge in [0.1, 0.15) is 0 Å². The van der Waals surface area contributed by atoms with Gasteiger partial charge in [-0.05, 0) is 36.6 Å². The molecule has 1 amide bonds. The average Bonchev–Trinajstić information content (AvgIpc) is 3.30. The Hall–Kier alpha value is -2.56. The summed E-state index contributed by atoms with van der Waals surface area (Å²) in [6.07, 6.45) is 3.30. The van der Waals surface area contributed by atoms with Crippen LogP contribution < -0.4 is 15.8 Å². The molecule has 1 aliphatic rings. The molecule has 1 aliphatic carbocycles. The summed E-state index contributed by atoms with van der Waals surface area (Å²) in [5.74, 6) is 0.520. The summed E-state index contributed by atoms with van der Waals surface area (Å²) in [7, 11) is 1.56. The molecule has 1 heterocycles. The molecule has 2 aromatic rings. The Balaban J connectivity index is 1.76.